The van der Waals surface area contributed by atoms with Crippen molar-refractivity contribution in [3.05, 3.63) is 24.3 Å². The molecule has 0 bridgehead atoms. The number of rotatable bonds is 1. The van der Waals surface area contributed by atoms with Gasteiger partial charge in [-0.2, -0.15) is 0 Å². The topological polar surface area (TPSA) is 19.4 Å². The SMILES string of the molecule is CN1CCN(c2nc3ccccc3s2)CC1.Cl. The molecule has 3 rings (SSSR count). The minimum absolute atomic E-state index is 0. The molecule has 0 N–H and O–H groups in total. The summed E-state index contributed by atoms with van der Waals surface area (Å²) in [5, 5.41) is 1.18. The van der Waals surface area contributed by atoms with Crippen molar-refractivity contribution < 1.29 is 0 Å². The second kappa shape index (κ2) is 5.21. The summed E-state index contributed by atoms with van der Waals surface area (Å²) in [5.41, 5.74) is 1.13. The average molecular weight is 270 g/mol. The number of likely N-dealkylation sites (N-methyl/N-ethyl adjacent to an activating group) is 1. The largest absolute Gasteiger partial charge is 0.345 e. The van der Waals surface area contributed by atoms with Crippen LogP contribution in [0.25, 0.3) is 10.2 Å². The monoisotopic (exact) mass is 269 g/mol. The van der Waals surface area contributed by atoms with E-state index < -0.39 is 0 Å². The van der Waals surface area contributed by atoms with E-state index in [-0.39, 0.29) is 12.4 Å². The van der Waals surface area contributed by atoms with Crippen LogP contribution in [0.4, 0.5) is 5.13 Å². The van der Waals surface area contributed by atoms with Gasteiger partial charge < -0.3 is 9.80 Å². The predicted molar refractivity (Wildman–Crippen MR) is 76.6 cm³/mol. The van der Waals surface area contributed by atoms with Crippen LogP contribution in [0.3, 0.4) is 0 Å². The third kappa shape index (κ3) is 2.54. The minimum Gasteiger partial charge on any atom is -0.345 e. The zero-order chi connectivity index (χ0) is 11.0. The number of aromatic nitrogens is 1. The number of anilines is 1. The Morgan fingerprint density at radius 2 is 1.82 bits per heavy atom. The Hall–Kier alpha value is -0.840. The highest BCUT2D eigenvalue weighted by Crippen LogP contribution is 2.28. The van der Waals surface area contributed by atoms with Crippen molar-refractivity contribution in [3.8, 4) is 0 Å². The first-order valence-electron chi connectivity index (χ1n) is 5.62. The van der Waals surface area contributed by atoms with Crippen LogP contribution in [0.5, 0.6) is 0 Å². The number of halogens is 1. The van der Waals surface area contributed by atoms with Crippen molar-refractivity contribution in [3.63, 3.8) is 0 Å². The first kappa shape index (κ1) is 12.6. The lowest BCUT2D eigenvalue weighted by Gasteiger charge is -2.31. The Balaban J connectivity index is 0.00000108. The fraction of sp³-hybridized carbons (Fsp3) is 0.417. The highest BCUT2D eigenvalue weighted by atomic mass is 35.5. The van der Waals surface area contributed by atoms with E-state index >= 15 is 0 Å². The molecule has 0 aliphatic carbocycles. The second-order valence-electron chi connectivity index (χ2n) is 4.25. The van der Waals surface area contributed by atoms with Gasteiger partial charge in [-0.25, -0.2) is 4.98 Å². The highest BCUT2D eigenvalue weighted by Gasteiger charge is 2.17. The molecule has 2 heterocycles. The van der Waals surface area contributed by atoms with Gasteiger partial charge in [-0.05, 0) is 19.2 Å². The maximum Gasteiger partial charge on any atom is 0.186 e. The lowest BCUT2D eigenvalue weighted by molar-refractivity contribution is 0.313. The van der Waals surface area contributed by atoms with Gasteiger partial charge in [0, 0.05) is 26.2 Å². The summed E-state index contributed by atoms with van der Waals surface area (Å²) in [6.07, 6.45) is 0. The highest BCUT2D eigenvalue weighted by molar-refractivity contribution is 7.22. The Bertz CT molecular complexity index is 458. The molecule has 0 radical (unpaired) electrons. The standard InChI is InChI=1S/C12H15N3S.ClH/c1-14-6-8-15(9-7-14)12-13-10-4-2-3-5-11(10)16-12;/h2-5H,6-9H2,1H3;1H. The van der Waals surface area contributed by atoms with Crippen LogP contribution in [0, 0.1) is 0 Å². The van der Waals surface area contributed by atoms with Crippen LogP contribution in [0.2, 0.25) is 0 Å². The molecule has 0 atom stereocenters. The summed E-state index contributed by atoms with van der Waals surface area (Å²) < 4.78 is 1.29. The van der Waals surface area contributed by atoms with Gasteiger partial charge in [-0.1, -0.05) is 23.5 Å². The minimum atomic E-state index is 0. The van der Waals surface area contributed by atoms with Gasteiger partial charge in [0.2, 0.25) is 0 Å². The molecule has 17 heavy (non-hydrogen) atoms. The molecule has 0 amide bonds. The molecule has 1 aliphatic rings. The van der Waals surface area contributed by atoms with E-state index in [9.17, 15) is 0 Å². The summed E-state index contributed by atoms with van der Waals surface area (Å²) in [7, 11) is 2.18. The molecule has 0 spiro atoms. The van der Waals surface area contributed by atoms with Gasteiger partial charge in [0.05, 0.1) is 10.2 Å². The van der Waals surface area contributed by atoms with E-state index in [2.05, 4.69) is 46.1 Å². The maximum absolute atomic E-state index is 4.69. The summed E-state index contributed by atoms with van der Waals surface area (Å²) >= 11 is 1.80. The first-order chi connectivity index (χ1) is 7.83. The number of thiazole rings is 1. The third-order valence-corrected chi connectivity index (χ3v) is 4.15. The third-order valence-electron chi connectivity index (χ3n) is 3.06. The summed E-state index contributed by atoms with van der Waals surface area (Å²) in [6.45, 7) is 4.46. The van der Waals surface area contributed by atoms with Crippen molar-refractivity contribution in [2.24, 2.45) is 0 Å². The molecule has 0 saturated carbocycles. The summed E-state index contributed by atoms with van der Waals surface area (Å²) in [6, 6.07) is 8.36. The molecule has 92 valence electrons. The molecule has 0 unspecified atom stereocenters. The van der Waals surface area contributed by atoms with Crippen molar-refractivity contribution in [1.29, 1.82) is 0 Å². The lowest BCUT2D eigenvalue weighted by Crippen LogP contribution is -2.44. The van der Waals surface area contributed by atoms with Crippen LogP contribution in [0.1, 0.15) is 0 Å². The number of benzene rings is 1. The summed E-state index contributed by atoms with van der Waals surface area (Å²) in [5.74, 6) is 0. The Labute approximate surface area is 111 Å². The van der Waals surface area contributed by atoms with E-state index in [1.165, 1.54) is 9.83 Å². The number of para-hydroxylation sites is 1. The normalized spacial score (nSPS) is 17.1. The summed E-state index contributed by atoms with van der Waals surface area (Å²) in [4.78, 5) is 9.45. The van der Waals surface area contributed by atoms with Gasteiger partial charge >= 0.3 is 0 Å². The molecular weight excluding hydrogens is 254 g/mol. The lowest BCUT2D eigenvalue weighted by atomic mass is 10.3. The van der Waals surface area contributed by atoms with Crippen LogP contribution < -0.4 is 4.90 Å². The molecule has 2 aromatic rings. The fourth-order valence-electron chi connectivity index (χ4n) is 1.99. The smallest absolute Gasteiger partial charge is 0.186 e. The molecule has 1 fully saturated rings. The number of nitrogens with zero attached hydrogens (tertiary/aromatic N) is 3. The molecule has 1 aliphatic heterocycles. The van der Waals surface area contributed by atoms with Gasteiger partial charge in [-0.15, -0.1) is 12.4 Å². The Morgan fingerprint density at radius 3 is 2.53 bits per heavy atom. The van der Waals surface area contributed by atoms with Crippen molar-refractivity contribution in [1.82, 2.24) is 9.88 Å². The van der Waals surface area contributed by atoms with Crippen LogP contribution in [-0.2, 0) is 0 Å². The quantitative estimate of drug-likeness (QED) is 0.793. The molecule has 5 heteroatoms. The van der Waals surface area contributed by atoms with Crippen molar-refractivity contribution in [2.45, 2.75) is 0 Å². The average Bonchev–Trinajstić information content (AvgIpc) is 2.73. The molecule has 1 aromatic heterocycles. The fourth-order valence-corrected chi connectivity index (χ4v) is 3.01. The predicted octanol–water partition coefficient (Wildman–Crippen LogP) is 2.47. The second-order valence-corrected chi connectivity index (χ2v) is 5.26. The molecule has 3 nitrogen and oxygen atoms in total. The number of piperazine rings is 1. The van der Waals surface area contributed by atoms with E-state index in [0.29, 0.717) is 0 Å². The van der Waals surface area contributed by atoms with Crippen molar-refractivity contribution in [2.75, 3.05) is 38.1 Å². The van der Waals surface area contributed by atoms with Gasteiger partial charge in [0.25, 0.3) is 0 Å². The Morgan fingerprint density at radius 1 is 1.12 bits per heavy atom. The van der Waals surface area contributed by atoms with E-state index in [1.807, 2.05) is 0 Å². The molecular formula is C12H16ClN3S. The van der Waals surface area contributed by atoms with Crippen LogP contribution in [-0.4, -0.2) is 43.1 Å². The van der Waals surface area contributed by atoms with Gasteiger partial charge in [0.15, 0.2) is 5.13 Å². The zero-order valence-corrected chi connectivity index (χ0v) is 11.4. The van der Waals surface area contributed by atoms with E-state index in [4.69, 9.17) is 0 Å². The van der Waals surface area contributed by atoms with Crippen LogP contribution in [0.15, 0.2) is 24.3 Å². The van der Waals surface area contributed by atoms with Gasteiger partial charge in [-0.3, -0.25) is 0 Å². The first-order valence-corrected chi connectivity index (χ1v) is 6.44. The number of hydrogen-bond acceptors (Lipinski definition) is 4. The van der Waals surface area contributed by atoms with E-state index in [1.54, 1.807) is 11.3 Å². The Kier molecular flexibility index (Phi) is 3.86. The molecule has 1 aromatic carbocycles. The van der Waals surface area contributed by atoms with Gasteiger partial charge in [0.1, 0.15) is 0 Å². The van der Waals surface area contributed by atoms with E-state index in [0.717, 1.165) is 31.7 Å². The zero-order valence-electron chi connectivity index (χ0n) is 9.80. The maximum atomic E-state index is 4.69. The number of fused-ring (bicyclic) bond motifs is 1. The van der Waals surface area contributed by atoms with Crippen molar-refractivity contribution >= 4 is 39.1 Å². The molecule has 1 saturated heterocycles. The van der Waals surface area contributed by atoms with Crippen LogP contribution >= 0.6 is 23.7 Å². The number of hydrogen-bond donors (Lipinski definition) is 0.